The third-order valence-corrected chi connectivity index (χ3v) is 0.800. The Kier molecular flexibility index (Phi) is 12.8. The Morgan fingerprint density at radius 1 is 1.00 bits per heavy atom. The van der Waals surface area contributed by atoms with E-state index in [2.05, 4.69) is 0 Å². The number of hydrogen-bond donors (Lipinski definition) is 3. The highest BCUT2D eigenvalue weighted by molar-refractivity contribution is 5.35. The lowest BCUT2D eigenvalue weighted by molar-refractivity contribution is 0.562. The lowest BCUT2D eigenvalue weighted by Gasteiger charge is -1.83. The zero-order valence-corrected chi connectivity index (χ0v) is 6.78. The number of hydrogen-bond acceptors (Lipinski definition) is 5. The van der Waals surface area contributed by atoms with Crippen LogP contribution in [0.1, 0.15) is 0 Å². The Morgan fingerprint density at radius 2 is 1.31 bits per heavy atom. The van der Waals surface area contributed by atoms with Crippen LogP contribution >= 0.6 is 0 Å². The predicted octanol–water partition coefficient (Wildman–Crippen LogP) is 1.07. The van der Waals surface area contributed by atoms with Crippen LogP contribution in [0.3, 0.4) is 0 Å². The van der Waals surface area contributed by atoms with Gasteiger partial charge in [0.15, 0.2) is 0 Å². The molecule has 0 radical (unpaired) electrons. The molecule has 5 heteroatoms. The number of benzene rings is 1. The van der Waals surface area contributed by atoms with Crippen LogP contribution in [0, 0.1) is 10.8 Å². The minimum absolute atomic E-state index is 0.750. The number of nitrogens with two attached hydrogens (primary N) is 1. The van der Waals surface area contributed by atoms with Crippen LogP contribution in [-0.4, -0.2) is 12.2 Å². The summed E-state index contributed by atoms with van der Waals surface area (Å²) in [5.74, 6) is 0. The molecule has 1 aromatic rings. The molecule has 1 rings (SSSR count). The van der Waals surface area contributed by atoms with Gasteiger partial charge in [0.25, 0.3) is 0 Å². The van der Waals surface area contributed by atoms with Crippen LogP contribution in [0.4, 0.5) is 5.69 Å². The molecule has 0 saturated heterocycles. The lowest BCUT2D eigenvalue weighted by Crippen LogP contribution is -1.79. The average Bonchev–Trinajstić information content (AvgIpc) is 2.08. The quantitative estimate of drug-likeness (QED) is 0.315. The predicted molar refractivity (Wildman–Crippen MR) is 47.7 cm³/mol. The summed E-state index contributed by atoms with van der Waals surface area (Å²) in [6.07, 6.45) is 1.50. The summed E-state index contributed by atoms with van der Waals surface area (Å²) in [6, 6.07) is 9.49. The minimum Gasteiger partial charge on any atom is -0.399 e. The van der Waals surface area contributed by atoms with Gasteiger partial charge in [-0.25, -0.2) is 20.4 Å². The van der Waals surface area contributed by atoms with E-state index in [1.165, 1.54) is 0 Å². The van der Waals surface area contributed by atoms with Gasteiger partial charge < -0.3 is 5.73 Å². The van der Waals surface area contributed by atoms with Gasteiger partial charge in [0.2, 0.25) is 12.2 Å². The molecule has 0 fully saturated rings. The molecule has 4 N–H and O–H groups in total. The smallest absolute Gasteiger partial charge is 0.231 e. The van der Waals surface area contributed by atoms with Crippen molar-refractivity contribution in [3.63, 3.8) is 0 Å². The molecule has 0 aliphatic heterocycles. The zero-order chi connectivity index (χ0) is 10.5. The first-order chi connectivity index (χ1) is 6.22. The molecule has 0 aromatic heterocycles. The van der Waals surface area contributed by atoms with Gasteiger partial charge >= 0.3 is 0 Å². The highest BCUT2D eigenvalue weighted by Crippen LogP contribution is 1.95. The SMILES string of the molecule is N=C=O.N=C=O.Nc1ccccc1. The standard InChI is InChI=1S/C6H7N.2CHNO/c7-6-4-2-1-3-5-6;2*2-1-3/h1-5H,7H2;2*2H. The first-order valence-electron chi connectivity index (χ1n) is 3.11. The van der Waals surface area contributed by atoms with Crippen LogP contribution in [-0.2, 0) is 9.59 Å². The average molecular weight is 179 g/mol. The van der Waals surface area contributed by atoms with Crippen LogP contribution in [0.5, 0.6) is 0 Å². The van der Waals surface area contributed by atoms with Gasteiger partial charge in [-0.15, -0.1) is 0 Å². The first kappa shape index (κ1) is 13.4. The van der Waals surface area contributed by atoms with Crippen molar-refractivity contribution in [3.05, 3.63) is 30.3 Å². The third kappa shape index (κ3) is 17.7. The monoisotopic (exact) mass is 179 g/mol. The van der Waals surface area contributed by atoms with E-state index in [-0.39, 0.29) is 0 Å². The second-order valence-corrected chi connectivity index (χ2v) is 1.61. The van der Waals surface area contributed by atoms with E-state index in [1.54, 1.807) is 0 Å². The van der Waals surface area contributed by atoms with Crippen molar-refractivity contribution in [1.82, 2.24) is 0 Å². The summed E-state index contributed by atoms with van der Waals surface area (Å²) >= 11 is 0. The molecule has 0 unspecified atom stereocenters. The van der Waals surface area contributed by atoms with Gasteiger partial charge in [0.1, 0.15) is 0 Å². The number of anilines is 1. The molecule has 0 aliphatic carbocycles. The maximum absolute atomic E-state index is 8.35. The Hall–Kier alpha value is -2.22. The molecule has 0 aliphatic rings. The number of nitrogen functional groups attached to an aromatic ring is 1. The van der Waals surface area contributed by atoms with Crippen molar-refractivity contribution in [2.45, 2.75) is 0 Å². The summed E-state index contributed by atoms with van der Waals surface area (Å²) in [4.78, 5) is 16.7. The fourth-order valence-corrected chi connectivity index (χ4v) is 0.453. The van der Waals surface area contributed by atoms with Crippen molar-refractivity contribution in [2.24, 2.45) is 0 Å². The Morgan fingerprint density at radius 3 is 1.46 bits per heavy atom. The molecule has 0 heterocycles. The van der Waals surface area contributed by atoms with Crippen molar-refractivity contribution in [2.75, 3.05) is 5.73 Å². The molecule has 0 saturated carbocycles. The number of para-hydroxylation sites is 1. The maximum Gasteiger partial charge on any atom is 0.231 e. The van der Waals surface area contributed by atoms with Gasteiger partial charge in [-0.2, -0.15) is 0 Å². The molecule has 0 amide bonds. The summed E-state index contributed by atoms with van der Waals surface area (Å²) < 4.78 is 0. The Bertz CT molecular complexity index is 261. The Labute approximate surface area is 75.2 Å². The molecule has 68 valence electrons. The largest absolute Gasteiger partial charge is 0.399 e. The summed E-state index contributed by atoms with van der Waals surface area (Å²) in [6.45, 7) is 0. The molecule has 1 aromatic carbocycles. The number of isocyanates is 2. The molecular weight excluding hydrogens is 170 g/mol. The van der Waals surface area contributed by atoms with E-state index in [4.69, 9.17) is 26.1 Å². The molecular formula is C8H9N3O2. The van der Waals surface area contributed by atoms with E-state index < -0.39 is 0 Å². The topological polar surface area (TPSA) is 108 Å². The van der Waals surface area contributed by atoms with E-state index in [9.17, 15) is 0 Å². The highest BCUT2D eigenvalue weighted by Gasteiger charge is 1.72. The van der Waals surface area contributed by atoms with Crippen molar-refractivity contribution in [3.8, 4) is 0 Å². The van der Waals surface area contributed by atoms with Crippen LogP contribution in [0.25, 0.3) is 0 Å². The lowest BCUT2D eigenvalue weighted by atomic mass is 10.3. The van der Waals surface area contributed by atoms with E-state index in [0.29, 0.717) is 0 Å². The first-order valence-corrected chi connectivity index (χ1v) is 3.11. The fourth-order valence-electron chi connectivity index (χ4n) is 0.453. The van der Waals surface area contributed by atoms with E-state index in [0.717, 1.165) is 17.8 Å². The van der Waals surface area contributed by atoms with Gasteiger partial charge in [0.05, 0.1) is 0 Å². The molecule has 13 heavy (non-hydrogen) atoms. The Balaban J connectivity index is 0. The third-order valence-electron chi connectivity index (χ3n) is 0.800. The summed E-state index contributed by atoms with van der Waals surface area (Å²) in [7, 11) is 0. The van der Waals surface area contributed by atoms with Crippen molar-refractivity contribution in [1.29, 1.82) is 10.8 Å². The van der Waals surface area contributed by atoms with Crippen molar-refractivity contribution < 1.29 is 9.59 Å². The molecule has 5 nitrogen and oxygen atoms in total. The second kappa shape index (κ2) is 12.5. The summed E-state index contributed by atoms with van der Waals surface area (Å²) in [5.41, 5.74) is 6.18. The number of rotatable bonds is 0. The molecule has 0 spiro atoms. The van der Waals surface area contributed by atoms with Crippen LogP contribution in [0.15, 0.2) is 30.3 Å². The van der Waals surface area contributed by atoms with E-state index >= 15 is 0 Å². The normalized spacial score (nSPS) is 5.85. The van der Waals surface area contributed by atoms with Gasteiger partial charge in [-0.05, 0) is 12.1 Å². The zero-order valence-electron chi connectivity index (χ0n) is 6.78. The minimum atomic E-state index is 0.750. The highest BCUT2D eigenvalue weighted by atomic mass is 16.1. The maximum atomic E-state index is 8.35. The molecule has 0 atom stereocenters. The van der Waals surface area contributed by atoms with Gasteiger partial charge in [0, 0.05) is 5.69 Å². The van der Waals surface area contributed by atoms with Gasteiger partial charge in [-0.1, -0.05) is 18.2 Å². The van der Waals surface area contributed by atoms with E-state index in [1.807, 2.05) is 30.3 Å². The fraction of sp³-hybridized carbons (Fsp3) is 0. The van der Waals surface area contributed by atoms with Crippen molar-refractivity contribution >= 4 is 17.8 Å². The second-order valence-electron chi connectivity index (χ2n) is 1.61. The van der Waals surface area contributed by atoms with Crippen LogP contribution in [0.2, 0.25) is 0 Å². The summed E-state index contributed by atoms with van der Waals surface area (Å²) in [5, 5.41) is 10.8. The van der Waals surface area contributed by atoms with Crippen LogP contribution < -0.4 is 5.73 Å². The number of carbonyl (C=O) groups excluding carboxylic acids is 2. The molecule has 0 bridgehead atoms. The van der Waals surface area contributed by atoms with Gasteiger partial charge in [-0.3, -0.25) is 0 Å². The number of nitrogens with one attached hydrogen (secondary N) is 2.